The number of carbonyl (C=O) groups is 1. The fourth-order valence-corrected chi connectivity index (χ4v) is 7.28. The number of carbonyl (C=O) groups excluding carboxylic acids is 1. The summed E-state index contributed by atoms with van der Waals surface area (Å²) in [6, 6.07) is 11.9. The number of thiophene rings is 1. The topological polar surface area (TPSA) is 72.3 Å². The second-order valence-corrected chi connectivity index (χ2v) is 12.4. The molecule has 3 aromatic rings. The molecule has 1 saturated heterocycles. The summed E-state index contributed by atoms with van der Waals surface area (Å²) in [5, 5.41) is 2.72. The number of hydrogen-bond acceptors (Lipinski definition) is 6. The highest BCUT2D eigenvalue weighted by Gasteiger charge is 2.34. The van der Waals surface area contributed by atoms with E-state index in [0.717, 1.165) is 15.7 Å². The Labute approximate surface area is 197 Å². The molecular formula is C23H27N3O3S3. The number of thioether (sulfide) groups is 1. The van der Waals surface area contributed by atoms with Crippen LogP contribution in [0.3, 0.4) is 0 Å². The average molecular weight is 490 g/mol. The number of benzene rings is 1. The summed E-state index contributed by atoms with van der Waals surface area (Å²) < 4.78 is 26.1. The minimum absolute atomic E-state index is 0.0468. The smallest absolute Gasteiger partial charge is 0.233 e. The highest BCUT2D eigenvalue weighted by molar-refractivity contribution is 7.99. The normalized spacial score (nSPS) is 17.7. The number of rotatable bonds is 8. The van der Waals surface area contributed by atoms with Gasteiger partial charge in [0, 0.05) is 23.3 Å². The Bertz CT molecular complexity index is 1170. The van der Waals surface area contributed by atoms with Crippen LogP contribution in [0.25, 0.3) is 5.69 Å². The summed E-state index contributed by atoms with van der Waals surface area (Å²) >= 11 is 2.97. The van der Waals surface area contributed by atoms with Crippen LogP contribution >= 0.6 is 23.1 Å². The fraction of sp³-hybridized carbons (Fsp3) is 0.391. The van der Waals surface area contributed by atoms with Crippen LogP contribution in [-0.4, -0.2) is 52.1 Å². The third kappa shape index (κ3) is 5.27. The number of nitrogens with zero attached hydrogens (tertiary/aromatic N) is 3. The van der Waals surface area contributed by atoms with Gasteiger partial charge in [-0.2, -0.15) is 0 Å². The lowest BCUT2D eigenvalue weighted by Gasteiger charge is -2.28. The highest BCUT2D eigenvalue weighted by atomic mass is 32.2. The Morgan fingerprint density at radius 3 is 2.78 bits per heavy atom. The first-order valence-electron chi connectivity index (χ1n) is 10.6. The zero-order valence-corrected chi connectivity index (χ0v) is 20.6. The maximum absolute atomic E-state index is 13.3. The van der Waals surface area contributed by atoms with Gasteiger partial charge in [-0.25, -0.2) is 13.4 Å². The largest absolute Gasteiger partial charge is 0.333 e. The first-order chi connectivity index (χ1) is 15.3. The molecule has 3 heterocycles. The maximum atomic E-state index is 13.3. The summed E-state index contributed by atoms with van der Waals surface area (Å²) in [6.45, 7) is 4.76. The van der Waals surface area contributed by atoms with Gasteiger partial charge >= 0.3 is 0 Å². The minimum atomic E-state index is -3.08. The van der Waals surface area contributed by atoms with Crippen LogP contribution in [0.1, 0.15) is 36.6 Å². The summed E-state index contributed by atoms with van der Waals surface area (Å²) in [7, 11) is -3.08. The zero-order valence-electron chi connectivity index (χ0n) is 18.2. The van der Waals surface area contributed by atoms with Gasteiger partial charge in [0.05, 0.1) is 29.5 Å². The first-order valence-corrected chi connectivity index (χ1v) is 14.3. The van der Waals surface area contributed by atoms with Crippen molar-refractivity contribution in [1.29, 1.82) is 0 Å². The van der Waals surface area contributed by atoms with Gasteiger partial charge in [-0.1, -0.05) is 49.9 Å². The van der Waals surface area contributed by atoms with E-state index < -0.39 is 9.84 Å². The van der Waals surface area contributed by atoms with Gasteiger partial charge in [0.15, 0.2) is 15.0 Å². The Hall–Kier alpha value is -2.10. The van der Waals surface area contributed by atoms with E-state index >= 15 is 0 Å². The molecule has 0 N–H and O–H groups in total. The highest BCUT2D eigenvalue weighted by Crippen LogP contribution is 2.28. The van der Waals surface area contributed by atoms with E-state index in [-0.39, 0.29) is 29.2 Å². The van der Waals surface area contributed by atoms with Gasteiger partial charge < -0.3 is 4.90 Å². The predicted molar refractivity (Wildman–Crippen MR) is 130 cm³/mol. The van der Waals surface area contributed by atoms with Gasteiger partial charge in [-0.3, -0.25) is 9.36 Å². The van der Waals surface area contributed by atoms with E-state index in [4.69, 9.17) is 0 Å². The minimum Gasteiger partial charge on any atom is -0.333 e. The Morgan fingerprint density at radius 2 is 2.09 bits per heavy atom. The molecule has 9 heteroatoms. The lowest BCUT2D eigenvalue weighted by Crippen LogP contribution is -2.41. The molecule has 0 aliphatic carbocycles. The van der Waals surface area contributed by atoms with E-state index in [9.17, 15) is 13.2 Å². The molecule has 0 bridgehead atoms. The van der Waals surface area contributed by atoms with Crippen molar-refractivity contribution < 1.29 is 13.2 Å². The molecule has 170 valence electrons. The molecule has 0 saturated carbocycles. The van der Waals surface area contributed by atoms with Crippen molar-refractivity contribution in [3.8, 4) is 5.69 Å². The van der Waals surface area contributed by atoms with E-state index in [1.165, 1.54) is 17.3 Å². The van der Waals surface area contributed by atoms with Crippen LogP contribution in [-0.2, 0) is 21.2 Å². The van der Waals surface area contributed by atoms with Gasteiger partial charge in [0.1, 0.15) is 0 Å². The Balaban J connectivity index is 1.52. The first kappa shape index (κ1) is 23.1. The van der Waals surface area contributed by atoms with Crippen LogP contribution in [0.15, 0.2) is 59.3 Å². The lowest BCUT2D eigenvalue weighted by molar-refractivity contribution is -0.130. The van der Waals surface area contributed by atoms with Gasteiger partial charge in [-0.05, 0) is 35.4 Å². The number of para-hydroxylation sites is 1. The van der Waals surface area contributed by atoms with Crippen LogP contribution in [0, 0.1) is 0 Å². The second-order valence-electron chi connectivity index (χ2n) is 8.24. The summed E-state index contributed by atoms with van der Waals surface area (Å²) in [5.41, 5.74) is 2.28. The molecule has 1 aliphatic rings. The summed E-state index contributed by atoms with van der Waals surface area (Å²) in [4.78, 5) is 20.5. The van der Waals surface area contributed by atoms with Crippen LogP contribution in [0.5, 0.6) is 0 Å². The van der Waals surface area contributed by atoms with E-state index in [2.05, 4.69) is 31.0 Å². The van der Waals surface area contributed by atoms with Crippen molar-refractivity contribution >= 4 is 38.8 Å². The molecule has 1 atom stereocenters. The van der Waals surface area contributed by atoms with E-state index in [1.807, 2.05) is 40.4 Å². The van der Waals surface area contributed by atoms with Crippen molar-refractivity contribution in [2.45, 2.75) is 43.9 Å². The molecule has 2 aromatic heterocycles. The number of aromatic nitrogens is 2. The van der Waals surface area contributed by atoms with Crippen molar-refractivity contribution in [2.75, 3.05) is 17.3 Å². The molecule has 1 amide bonds. The molecule has 1 aromatic carbocycles. The third-order valence-corrected chi connectivity index (χ3v) is 9.19. The zero-order chi connectivity index (χ0) is 22.7. The molecule has 1 fully saturated rings. The second kappa shape index (κ2) is 9.80. The molecule has 1 aliphatic heterocycles. The van der Waals surface area contributed by atoms with Crippen LogP contribution in [0.2, 0.25) is 0 Å². The maximum Gasteiger partial charge on any atom is 0.233 e. The molecule has 0 spiro atoms. The van der Waals surface area contributed by atoms with Crippen molar-refractivity contribution in [3.05, 3.63) is 64.6 Å². The Morgan fingerprint density at radius 1 is 1.28 bits per heavy atom. The fourth-order valence-electron chi connectivity index (χ4n) is 4.00. The summed E-state index contributed by atoms with van der Waals surface area (Å²) in [5.74, 6) is 0.708. The number of imidazole rings is 1. The molecular weight excluding hydrogens is 462 g/mol. The predicted octanol–water partition coefficient (Wildman–Crippen LogP) is 4.37. The molecule has 1 unspecified atom stereocenters. The summed E-state index contributed by atoms with van der Waals surface area (Å²) in [6.07, 6.45) is 4.17. The van der Waals surface area contributed by atoms with Gasteiger partial charge in [-0.15, -0.1) is 11.3 Å². The number of amides is 1. The van der Waals surface area contributed by atoms with E-state index in [1.54, 1.807) is 22.4 Å². The number of hydrogen-bond donors (Lipinski definition) is 0. The van der Waals surface area contributed by atoms with Crippen LogP contribution in [0.4, 0.5) is 0 Å². The quantitative estimate of drug-likeness (QED) is 0.440. The van der Waals surface area contributed by atoms with Crippen LogP contribution < -0.4 is 0 Å². The monoisotopic (exact) mass is 489 g/mol. The molecule has 6 nitrogen and oxygen atoms in total. The Kier molecular flexibility index (Phi) is 7.07. The average Bonchev–Trinajstić information content (AvgIpc) is 3.51. The van der Waals surface area contributed by atoms with E-state index in [0.29, 0.717) is 18.9 Å². The molecule has 0 radical (unpaired) electrons. The lowest BCUT2D eigenvalue weighted by atomic mass is 10.0. The third-order valence-electron chi connectivity index (χ3n) is 5.63. The van der Waals surface area contributed by atoms with Crippen molar-refractivity contribution in [3.63, 3.8) is 0 Å². The van der Waals surface area contributed by atoms with Crippen molar-refractivity contribution in [2.24, 2.45) is 0 Å². The molecule has 32 heavy (non-hydrogen) atoms. The molecule has 4 rings (SSSR count). The SMILES string of the molecule is CC(C)c1ccccc1-n1ccnc1SCC(=O)N(Cc1cccs1)C1CCS(=O)(=O)C1. The standard InChI is InChI=1S/C23H27N3O3S3/c1-17(2)20-7-3-4-8-21(20)25-11-10-24-23(25)31-15-22(27)26(14-19-6-5-12-30-19)18-9-13-32(28,29)16-18/h3-8,10-12,17-18H,9,13-16H2,1-2H3. The van der Waals surface area contributed by atoms with Gasteiger partial charge in [0.2, 0.25) is 5.91 Å². The van der Waals surface area contributed by atoms with Gasteiger partial charge in [0.25, 0.3) is 0 Å². The van der Waals surface area contributed by atoms with Crippen molar-refractivity contribution in [1.82, 2.24) is 14.5 Å². The number of sulfone groups is 1.